The number of carboxylic acid groups (broad SMARTS) is 1. The Labute approximate surface area is 146 Å². The van der Waals surface area contributed by atoms with Crippen molar-refractivity contribution in [2.45, 2.75) is 32.2 Å². The van der Waals surface area contributed by atoms with Crippen LogP contribution in [0, 0.1) is 5.41 Å². The summed E-state index contributed by atoms with van der Waals surface area (Å²) >= 11 is 0. The summed E-state index contributed by atoms with van der Waals surface area (Å²) < 4.78 is 0. The van der Waals surface area contributed by atoms with E-state index in [1.54, 1.807) is 24.3 Å². The van der Waals surface area contributed by atoms with Gasteiger partial charge in [0.1, 0.15) is 5.41 Å². The molecule has 1 atom stereocenters. The van der Waals surface area contributed by atoms with Crippen LogP contribution in [-0.2, 0) is 16.1 Å². The van der Waals surface area contributed by atoms with Crippen LogP contribution in [0.2, 0.25) is 0 Å². The number of carboxylic acids is 1. The number of unbranched alkanes of at least 4 members (excludes halogenated alkanes) is 1. The Balaban J connectivity index is 2.70. The smallest absolute Gasteiger partial charge is 0.319 e. The normalized spacial score (nSPS) is 13.0. The lowest BCUT2D eigenvalue weighted by molar-refractivity contribution is -0.155. The average Bonchev–Trinajstić information content (AvgIpc) is 2.59. The number of nitrogens with two attached hydrogens (primary N) is 2. The summed E-state index contributed by atoms with van der Waals surface area (Å²) in [7, 11) is 0. The zero-order valence-corrected chi connectivity index (χ0v) is 14.0. The molecule has 0 heterocycles. The number of primary amides is 1. The molecule has 0 saturated heterocycles. The summed E-state index contributed by atoms with van der Waals surface area (Å²) in [5, 5.41) is 20.9. The molecule has 0 aliphatic rings. The number of nitrogens with one attached hydrogen (secondary N) is 1. The van der Waals surface area contributed by atoms with E-state index in [0.717, 1.165) is 5.56 Å². The van der Waals surface area contributed by atoms with Crippen LogP contribution < -0.4 is 16.8 Å². The van der Waals surface area contributed by atoms with Crippen molar-refractivity contribution in [1.29, 1.82) is 0 Å². The fourth-order valence-corrected chi connectivity index (χ4v) is 2.51. The topological polar surface area (TPSA) is 156 Å². The maximum absolute atomic E-state index is 12.1. The van der Waals surface area contributed by atoms with Gasteiger partial charge in [0.25, 0.3) is 5.91 Å². The fourth-order valence-electron chi connectivity index (χ4n) is 2.51. The van der Waals surface area contributed by atoms with E-state index in [4.69, 9.17) is 16.6 Å². The minimum atomic E-state index is -1.76. The summed E-state index contributed by atoms with van der Waals surface area (Å²) in [6.07, 6.45) is 0.622. The Hall–Kier alpha value is -2.45. The molecule has 2 amide bonds. The highest BCUT2D eigenvalue weighted by Gasteiger charge is 2.43. The number of aliphatic hydroxyl groups is 1. The van der Waals surface area contributed by atoms with Crippen molar-refractivity contribution in [3.63, 3.8) is 0 Å². The van der Waals surface area contributed by atoms with Gasteiger partial charge in [0.05, 0.1) is 0 Å². The molecular formula is C17H25N3O5. The number of aliphatic hydroxyl groups excluding tert-OH is 1. The molecule has 0 radical (unpaired) electrons. The summed E-state index contributed by atoms with van der Waals surface area (Å²) in [5.74, 6) is -2.64. The number of aliphatic carboxylic acids is 1. The van der Waals surface area contributed by atoms with Gasteiger partial charge in [-0.2, -0.15) is 0 Å². The van der Waals surface area contributed by atoms with Crippen molar-refractivity contribution in [3.05, 3.63) is 35.4 Å². The lowest BCUT2D eigenvalue weighted by Crippen LogP contribution is -2.46. The quantitative estimate of drug-likeness (QED) is 0.279. The minimum Gasteiger partial charge on any atom is -0.480 e. The van der Waals surface area contributed by atoms with Crippen LogP contribution in [0.25, 0.3) is 0 Å². The number of hydrogen-bond acceptors (Lipinski definition) is 5. The summed E-state index contributed by atoms with van der Waals surface area (Å²) in [4.78, 5) is 35.4. The van der Waals surface area contributed by atoms with Crippen LogP contribution in [0.4, 0.5) is 0 Å². The molecule has 1 aromatic rings. The van der Waals surface area contributed by atoms with Gasteiger partial charge >= 0.3 is 5.97 Å². The van der Waals surface area contributed by atoms with Gasteiger partial charge < -0.3 is 27.0 Å². The lowest BCUT2D eigenvalue weighted by atomic mass is 9.79. The van der Waals surface area contributed by atoms with E-state index in [0.29, 0.717) is 24.9 Å². The number of hydrogen-bond donors (Lipinski definition) is 5. The van der Waals surface area contributed by atoms with Crippen LogP contribution in [0.15, 0.2) is 24.3 Å². The van der Waals surface area contributed by atoms with E-state index in [9.17, 15) is 19.5 Å². The van der Waals surface area contributed by atoms with Crippen molar-refractivity contribution in [1.82, 2.24) is 5.32 Å². The van der Waals surface area contributed by atoms with Gasteiger partial charge in [-0.15, -0.1) is 0 Å². The third-order valence-electron chi connectivity index (χ3n) is 4.18. The van der Waals surface area contributed by atoms with Crippen LogP contribution in [0.5, 0.6) is 0 Å². The lowest BCUT2D eigenvalue weighted by Gasteiger charge is -2.26. The summed E-state index contributed by atoms with van der Waals surface area (Å²) in [6.45, 7) is 0.269. The van der Waals surface area contributed by atoms with Gasteiger partial charge in [0, 0.05) is 25.3 Å². The Morgan fingerprint density at radius 3 is 2.20 bits per heavy atom. The highest BCUT2D eigenvalue weighted by atomic mass is 16.4. The highest BCUT2D eigenvalue weighted by molar-refractivity contribution is 6.01. The Morgan fingerprint density at radius 1 is 1.08 bits per heavy atom. The van der Waals surface area contributed by atoms with Crippen LogP contribution >= 0.6 is 0 Å². The molecule has 0 bridgehead atoms. The number of rotatable bonds is 11. The molecule has 0 saturated carbocycles. The van der Waals surface area contributed by atoms with E-state index < -0.39 is 17.3 Å². The third-order valence-corrected chi connectivity index (χ3v) is 4.18. The molecule has 0 aromatic heterocycles. The van der Waals surface area contributed by atoms with Gasteiger partial charge in [-0.05, 0) is 43.4 Å². The second-order valence-electron chi connectivity index (χ2n) is 5.84. The molecule has 7 N–H and O–H groups in total. The monoisotopic (exact) mass is 351 g/mol. The third kappa shape index (κ3) is 5.54. The first-order valence-corrected chi connectivity index (χ1v) is 8.08. The molecule has 25 heavy (non-hydrogen) atoms. The maximum Gasteiger partial charge on any atom is 0.319 e. The van der Waals surface area contributed by atoms with E-state index in [1.165, 1.54) is 0 Å². The molecule has 0 aliphatic heterocycles. The molecule has 0 unspecified atom stereocenters. The Kier molecular flexibility index (Phi) is 8.03. The van der Waals surface area contributed by atoms with Crippen molar-refractivity contribution in [2.75, 3.05) is 13.2 Å². The van der Waals surface area contributed by atoms with Gasteiger partial charge in [-0.1, -0.05) is 12.1 Å². The molecule has 8 nitrogen and oxygen atoms in total. The van der Waals surface area contributed by atoms with Gasteiger partial charge in [0.2, 0.25) is 5.91 Å². The maximum atomic E-state index is 12.1. The van der Waals surface area contributed by atoms with E-state index in [2.05, 4.69) is 5.32 Å². The SMILES string of the molecule is NCc1ccc(C(=O)NCC[C@@](CCCCO)(C(N)=O)C(=O)O)cc1. The minimum absolute atomic E-state index is 0.00810. The van der Waals surface area contributed by atoms with Crippen LogP contribution in [-0.4, -0.2) is 41.1 Å². The standard InChI is InChI=1S/C17H25N3O5/c18-11-12-3-5-13(6-4-12)14(22)20-9-8-17(15(19)23,16(24)25)7-1-2-10-21/h3-6,21H,1-2,7-11,18H2,(H2,19,23)(H,20,22)(H,24,25)/t17-/m0/s1. The van der Waals surface area contributed by atoms with Crippen LogP contribution in [0.1, 0.15) is 41.6 Å². The molecule has 138 valence electrons. The summed E-state index contributed by atoms with van der Waals surface area (Å²) in [5.41, 5.74) is 10.3. The first-order chi connectivity index (χ1) is 11.9. The number of carbonyl (C=O) groups excluding carboxylic acids is 2. The van der Waals surface area contributed by atoms with Gasteiger partial charge in [-0.25, -0.2) is 0 Å². The van der Waals surface area contributed by atoms with Gasteiger partial charge in [0.15, 0.2) is 0 Å². The Morgan fingerprint density at radius 2 is 1.72 bits per heavy atom. The molecular weight excluding hydrogens is 326 g/mol. The molecule has 8 heteroatoms. The van der Waals surface area contributed by atoms with Crippen molar-refractivity contribution in [2.24, 2.45) is 16.9 Å². The average molecular weight is 351 g/mol. The second kappa shape index (κ2) is 9.75. The highest BCUT2D eigenvalue weighted by Crippen LogP contribution is 2.29. The Bertz CT molecular complexity index is 587. The fraction of sp³-hybridized carbons (Fsp3) is 0.471. The predicted octanol–water partition coefficient (Wildman–Crippen LogP) is -0.0159. The van der Waals surface area contributed by atoms with E-state index >= 15 is 0 Å². The first kappa shape index (κ1) is 20.6. The van der Waals surface area contributed by atoms with E-state index in [-0.39, 0.29) is 31.9 Å². The molecule has 0 fully saturated rings. The second-order valence-corrected chi connectivity index (χ2v) is 5.84. The summed E-state index contributed by atoms with van der Waals surface area (Å²) in [6, 6.07) is 6.71. The first-order valence-electron chi connectivity index (χ1n) is 8.08. The molecule has 1 rings (SSSR count). The molecule has 1 aromatic carbocycles. The van der Waals surface area contributed by atoms with Crippen LogP contribution in [0.3, 0.4) is 0 Å². The zero-order chi connectivity index (χ0) is 18.9. The van der Waals surface area contributed by atoms with Crippen molar-refractivity contribution in [3.8, 4) is 0 Å². The molecule has 0 aliphatic carbocycles. The predicted molar refractivity (Wildman–Crippen MR) is 91.5 cm³/mol. The number of benzene rings is 1. The molecule has 0 spiro atoms. The zero-order valence-electron chi connectivity index (χ0n) is 14.0. The van der Waals surface area contributed by atoms with Crippen molar-refractivity contribution < 1.29 is 24.6 Å². The van der Waals surface area contributed by atoms with Crippen molar-refractivity contribution >= 4 is 17.8 Å². The van der Waals surface area contributed by atoms with E-state index in [1.807, 2.05) is 0 Å². The number of amides is 2. The largest absolute Gasteiger partial charge is 0.480 e. The number of carbonyl (C=O) groups is 3. The van der Waals surface area contributed by atoms with Gasteiger partial charge in [-0.3, -0.25) is 14.4 Å².